The molecule has 1 saturated carbocycles. The van der Waals surface area contributed by atoms with Gasteiger partial charge in [0, 0.05) is 11.6 Å². The Bertz CT molecular complexity index is 317. The molecule has 1 unspecified atom stereocenters. The maximum Gasteiger partial charge on any atom is 0.0876 e. The van der Waals surface area contributed by atoms with E-state index in [2.05, 4.69) is 37.2 Å². The molecule has 3 heteroatoms. The van der Waals surface area contributed by atoms with Crippen LogP contribution in [0, 0.1) is 0 Å². The Hall–Kier alpha value is -0.540. The van der Waals surface area contributed by atoms with Crippen LogP contribution in [0.25, 0.3) is 0 Å². The van der Waals surface area contributed by atoms with Gasteiger partial charge in [0.05, 0.1) is 12.9 Å². The lowest BCUT2D eigenvalue weighted by Crippen LogP contribution is -2.60. The lowest BCUT2D eigenvalue weighted by molar-refractivity contribution is 0.0705. The van der Waals surface area contributed by atoms with Gasteiger partial charge in [0.25, 0.3) is 0 Å². The molecule has 3 nitrogen and oxygen atoms in total. The number of rotatable bonds is 7. The van der Waals surface area contributed by atoms with Gasteiger partial charge in [0.1, 0.15) is 0 Å². The molecule has 1 heterocycles. The van der Waals surface area contributed by atoms with Crippen LogP contribution >= 0.6 is 0 Å². The first-order valence-corrected chi connectivity index (χ1v) is 8.57. The molecular formula is C17H32N2O. The van der Waals surface area contributed by atoms with Crippen molar-refractivity contribution in [1.82, 2.24) is 10.2 Å². The predicted molar refractivity (Wildman–Crippen MR) is 84.9 cm³/mol. The number of nitrogens with one attached hydrogen (secondary N) is 1. The van der Waals surface area contributed by atoms with E-state index in [-0.39, 0.29) is 0 Å². The summed E-state index contributed by atoms with van der Waals surface area (Å²) in [6.45, 7) is 11.0. The second-order valence-electron chi connectivity index (χ2n) is 6.14. The molecule has 0 amide bonds. The smallest absolute Gasteiger partial charge is 0.0876 e. The zero-order valence-electron chi connectivity index (χ0n) is 13.6. The van der Waals surface area contributed by atoms with E-state index in [9.17, 15) is 0 Å². The van der Waals surface area contributed by atoms with Crippen molar-refractivity contribution in [3.63, 3.8) is 0 Å². The quantitative estimate of drug-likeness (QED) is 0.774. The van der Waals surface area contributed by atoms with Crippen LogP contribution in [0.2, 0.25) is 0 Å². The molecule has 0 radical (unpaired) electrons. The maximum atomic E-state index is 5.64. The van der Waals surface area contributed by atoms with Gasteiger partial charge in [0.15, 0.2) is 0 Å². The van der Waals surface area contributed by atoms with E-state index in [4.69, 9.17) is 4.74 Å². The van der Waals surface area contributed by atoms with Crippen LogP contribution < -0.4 is 5.32 Å². The Morgan fingerprint density at radius 3 is 2.40 bits per heavy atom. The normalized spacial score (nSPS) is 23.5. The van der Waals surface area contributed by atoms with Crippen LogP contribution in [-0.2, 0) is 4.74 Å². The first-order valence-electron chi connectivity index (χ1n) is 8.57. The summed E-state index contributed by atoms with van der Waals surface area (Å²) in [7, 11) is 0. The van der Waals surface area contributed by atoms with E-state index in [1.165, 1.54) is 44.1 Å². The van der Waals surface area contributed by atoms with Crippen molar-refractivity contribution in [2.24, 2.45) is 0 Å². The lowest BCUT2D eigenvalue weighted by atomic mass is 9.80. The van der Waals surface area contributed by atoms with E-state index in [1.54, 1.807) is 0 Å². The minimum Gasteiger partial charge on any atom is -0.501 e. The highest BCUT2D eigenvalue weighted by Crippen LogP contribution is 2.41. The van der Waals surface area contributed by atoms with Gasteiger partial charge in [-0.3, -0.25) is 4.90 Å². The second kappa shape index (κ2) is 7.46. The molecule has 1 fully saturated rings. The molecule has 1 N–H and O–H groups in total. The van der Waals surface area contributed by atoms with E-state index in [0.717, 1.165) is 26.2 Å². The molecule has 0 aromatic rings. The van der Waals surface area contributed by atoms with Gasteiger partial charge >= 0.3 is 0 Å². The summed E-state index contributed by atoms with van der Waals surface area (Å²) in [5.74, 6) is 0. The standard InChI is InChI=1S/C17H32N2O/c1-4-18-16(15-10-9-13-20-14-15)17(11-7-8-12-17)19(5-2)6-3/h14,16,18H,4-13H2,1-3H3. The highest BCUT2D eigenvalue weighted by atomic mass is 16.5. The number of likely N-dealkylation sites (N-methyl/N-ethyl adjacent to an activating group) is 2. The summed E-state index contributed by atoms with van der Waals surface area (Å²) in [6.07, 6.45) is 9.80. The van der Waals surface area contributed by atoms with Crippen LogP contribution in [0.4, 0.5) is 0 Å². The molecule has 1 aliphatic carbocycles. The Labute approximate surface area is 124 Å². The average molecular weight is 280 g/mol. The van der Waals surface area contributed by atoms with E-state index < -0.39 is 0 Å². The third-order valence-electron chi connectivity index (χ3n) is 5.14. The number of hydrogen-bond acceptors (Lipinski definition) is 3. The molecule has 0 aromatic carbocycles. The van der Waals surface area contributed by atoms with E-state index in [1.807, 2.05) is 0 Å². The van der Waals surface area contributed by atoms with E-state index >= 15 is 0 Å². The molecule has 2 aliphatic rings. The molecule has 0 spiro atoms. The number of ether oxygens (including phenoxy) is 1. The predicted octanol–water partition coefficient (Wildman–Crippen LogP) is 3.31. The second-order valence-corrected chi connectivity index (χ2v) is 6.14. The van der Waals surface area contributed by atoms with Crippen LogP contribution in [0.3, 0.4) is 0 Å². The summed E-state index contributed by atoms with van der Waals surface area (Å²) < 4.78 is 5.64. The minimum atomic E-state index is 0.312. The third-order valence-corrected chi connectivity index (χ3v) is 5.14. The summed E-state index contributed by atoms with van der Waals surface area (Å²) in [4.78, 5) is 2.70. The van der Waals surface area contributed by atoms with Gasteiger partial charge in [-0.25, -0.2) is 0 Å². The van der Waals surface area contributed by atoms with Crippen LogP contribution in [0.15, 0.2) is 11.8 Å². The fourth-order valence-corrected chi connectivity index (χ4v) is 4.30. The summed E-state index contributed by atoms with van der Waals surface area (Å²) in [5, 5.41) is 3.79. The topological polar surface area (TPSA) is 24.5 Å². The maximum absolute atomic E-state index is 5.64. The number of hydrogen-bond donors (Lipinski definition) is 1. The van der Waals surface area contributed by atoms with Crippen molar-refractivity contribution in [2.75, 3.05) is 26.2 Å². The van der Waals surface area contributed by atoms with Gasteiger partial charge < -0.3 is 10.1 Å². The monoisotopic (exact) mass is 280 g/mol. The molecule has 2 rings (SSSR count). The van der Waals surface area contributed by atoms with Crippen molar-refractivity contribution in [2.45, 2.75) is 70.9 Å². The highest BCUT2D eigenvalue weighted by Gasteiger charge is 2.46. The zero-order chi connectivity index (χ0) is 14.4. The number of nitrogens with zero attached hydrogens (tertiary/aromatic N) is 1. The molecule has 0 saturated heterocycles. The van der Waals surface area contributed by atoms with Crippen molar-refractivity contribution in [3.05, 3.63) is 11.8 Å². The first kappa shape index (κ1) is 15.8. The largest absolute Gasteiger partial charge is 0.501 e. The van der Waals surface area contributed by atoms with Crippen LogP contribution in [0.1, 0.15) is 59.3 Å². The third kappa shape index (κ3) is 3.04. The Morgan fingerprint density at radius 1 is 1.20 bits per heavy atom. The molecule has 1 aliphatic heterocycles. The summed E-state index contributed by atoms with van der Waals surface area (Å²) >= 11 is 0. The fourth-order valence-electron chi connectivity index (χ4n) is 4.30. The molecular weight excluding hydrogens is 248 g/mol. The molecule has 116 valence electrons. The van der Waals surface area contributed by atoms with Crippen molar-refractivity contribution in [3.8, 4) is 0 Å². The zero-order valence-corrected chi connectivity index (χ0v) is 13.6. The van der Waals surface area contributed by atoms with Crippen molar-refractivity contribution < 1.29 is 4.74 Å². The SMILES string of the molecule is CCNC(C1=COCCC1)C1(N(CC)CC)CCCC1. The summed E-state index contributed by atoms with van der Waals surface area (Å²) in [6, 6.07) is 0.468. The average Bonchev–Trinajstić information content (AvgIpc) is 2.97. The first-order chi connectivity index (χ1) is 9.78. The summed E-state index contributed by atoms with van der Waals surface area (Å²) in [5.41, 5.74) is 1.80. The Balaban J connectivity index is 2.29. The van der Waals surface area contributed by atoms with Gasteiger partial charge in [-0.15, -0.1) is 0 Å². The highest BCUT2D eigenvalue weighted by molar-refractivity contribution is 5.21. The Kier molecular flexibility index (Phi) is 5.91. The fraction of sp³-hybridized carbons (Fsp3) is 0.882. The molecule has 1 atom stereocenters. The Morgan fingerprint density at radius 2 is 1.90 bits per heavy atom. The van der Waals surface area contributed by atoms with Gasteiger partial charge in [0.2, 0.25) is 0 Å². The minimum absolute atomic E-state index is 0.312. The van der Waals surface area contributed by atoms with E-state index in [0.29, 0.717) is 11.6 Å². The van der Waals surface area contributed by atoms with Crippen molar-refractivity contribution >= 4 is 0 Å². The lowest BCUT2D eigenvalue weighted by Gasteiger charge is -2.47. The van der Waals surface area contributed by atoms with Crippen LogP contribution in [-0.4, -0.2) is 42.7 Å². The van der Waals surface area contributed by atoms with Gasteiger partial charge in [-0.2, -0.15) is 0 Å². The molecule has 0 aromatic heterocycles. The van der Waals surface area contributed by atoms with Crippen LogP contribution in [0.5, 0.6) is 0 Å². The molecule has 20 heavy (non-hydrogen) atoms. The molecule has 0 bridgehead atoms. The van der Waals surface area contributed by atoms with Crippen molar-refractivity contribution in [1.29, 1.82) is 0 Å². The van der Waals surface area contributed by atoms with Gasteiger partial charge in [-0.05, 0) is 50.9 Å². The van der Waals surface area contributed by atoms with Gasteiger partial charge in [-0.1, -0.05) is 33.6 Å².